The average Bonchev–Trinajstić information content (AvgIpc) is 3.24. The Bertz CT molecular complexity index is 944. The fourth-order valence-corrected chi connectivity index (χ4v) is 2.83. The summed E-state index contributed by atoms with van der Waals surface area (Å²) < 4.78 is 5.11. The summed E-state index contributed by atoms with van der Waals surface area (Å²) in [4.78, 5) is 24.8. The predicted molar refractivity (Wildman–Crippen MR) is 111 cm³/mol. The molecule has 0 aliphatic carbocycles. The van der Waals surface area contributed by atoms with Crippen LogP contribution in [0.5, 0.6) is 0 Å². The highest BCUT2D eigenvalue weighted by Gasteiger charge is 2.13. The second-order valence-electron chi connectivity index (χ2n) is 6.72. The molecule has 3 aromatic rings. The number of carbonyl (C=O) groups is 2. The van der Waals surface area contributed by atoms with E-state index in [1.807, 2.05) is 31.2 Å². The quantitative estimate of drug-likeness (QED) is 0.577. The van der Waals surface area contributed by atoms with Crippen LogP contribution in [0.15, 0.2) is 65.3 Å². The lowest BCUT2D eigenvalue weighted by Crippen LogP contribution is -2.15. The van der Waals surface area contributed by atoms with Crippen molar-refractivity contribution in [2.75, 3.05) is 10.6 Å². The van der Waals surface area contributed by atoms with Gasteiger partial charge in [0.1, 0.15) is 0 Å². The van der Waals surface area contributed by atoms with E-state index in [9.17, 15) is 9.59 Å². The molecule has 0 bridgehead atoms. The van der Waals surface area contributed by atoms with Gasteiger partial charge in [-0.05, 0) is 67.3 Å². The first-order valence-electron chi connectivity index (χ1n) is 9.42. The Kier molecular flexibility index (Phi) is 6.27. The summed E-state index contributed by atoms with van der Waals surface area (Å²) in [7, 11) is 0. The van der Waals surface area contributed by atoms with E-state index >= 15 is 0 Å². The van der Waals surface area contributed by atoms with Gasteiger partial charge in [-0.25, -0.2) is 0 Å². The van der Waals surface area contributed by atoms with Gasteiger partial charge in [-0.15, -0.1) is 0 Å². The number of rotatable bonds is 7. The van der Waals surface area contributed by atoms with Crippen molar-refractivity contribution < 1.29 is 14.0 Å². The minimum Gasteiger partial charge on any atom is -0.459 e. The summed E-state index contributed by atoms with van der Waals surface area (Å²) in [6, 6.07) is 16.4. The van der Waals surface area contributed by atoms with Crippen LogP contribution in [0.2, 0.25) is 0 Å². The molecule has 0 aliphatic heterocycles. The maximum atomic E-state index is 12.6. The maximum Gasteiger partial charge on any atom is 0.291 e. The number of hydrogen-bond donors (Lipinski definition) is 2. The number of furan rings is 1. The van der Waals surface area contributed by atoms with Crippen LogP contribution in [0.4, 0.5) is 11.4 Å². The van der Waals surface area contributed by atoms with Crippen LogP contribution < -0.4 is 10.6 Å². The third-order valence-electron chi connectivity index (χ3n) is 4.52. The first kappa shape index (κ1) is 19.4. The molecule has 0 aliphatic rings. The van der Waals surface area contributed by atoms with E-state index in [4.69, 9.17) is 4.42 Å². The molecule has 1 heterocycles. The smallest absolute Gasteiger partial charge is 0.291 e. The predicted octanol–water partition coefficient (Wildman–Crippen LogP) is 5.44. The van der Waals surface area contributed by atoms with Gasteiger partial charge < -0.3 is 15.1 Å². The summed E-state index contributed by atoms with van der Waals surface area (Å²) >= 11 is 0. The molecule has 2 aromatic carbocycles. The summed E-state index contributed by atoms with van der Waals surface area (Å²) in [5.41, 5.74) is 3.90. The molecule has 0 spiro atoms. The van der Waals surface area contributed by atoms with Gasteiger partial charge in [0.05, 0.1) is 6.26 Å². The Morgan fingerprint density at radius 2 is 1.75 bits per heavy atom. The van der Waals surface area contributed by atoms with Crippen molar-refractivity contribution in [2.45, 2.75) is 33.1 Å². The van der Waals surface area contributed by atoms with Crippen LogP contribution in [0, 0.1) is 6.92 Å². The van der Waals surface area contributed by atoms with Gasteiger partial charge in [-0.2, -0.15) is 0 Å². The second kappa shape index (κ2) is 9.04. The summed E-state index contributed by atoms with van der Waals surface area (Å²) in [6.07, 6.45) is 4.80. The molecule has 28 heavy (non-hydrogen) atoms. The van der Waals surface area contributed by atoms with E-state index in [1.54, 1.807) is 30.3 Å². The zero-order valence-electron chi connectivity index (χ0n) is 16.1. The van der Waals surface area contributed by atoms with Crippen LogP contribution in [0.1, 0.15) is 51.8 Å². The van der Waals surface area contributed by atoms with Crippen molar-refractivity contribution in [3.8, 4) is 0 Å². The SMILES string of the molecule is CCCCc1ccc(NC(=O)c2ccc(C)c(NC(=O)c3ccco3)c2)cc1. The molecule has 3 rings (SSSR count). The normalized spacial score (nSPS) is 10.5. The number of nitrogens with one attached hydrogen (secondary N) is 2. The van der Waals surface area contributed by atoms with Gasteiger partial charge in [0.2, 0.25) is 0 Å². The van der Waals surface area contributed by atoms with Crippen LogP contribution in [0.3, 0.4) is 0 Å². The highest BCUT2D eigenvalue weighted by atomic mass is 16.3. The summed E-state index contributed by atoms with van der Waals surface area (Å²) in [6.45, 7) is 4.04. The Morgan fingerprint density at radius 3 is 2.43 bits per heavy atom. The molecule has 2 N–H and O–H groups in total. The molecule has 0 fully saturated rings. The molecule has 0 unspecified atom stereocenters. The third kappa shape index (κ3) is 4.88. The number of unbranched alkanes of at least 4 members (excludes halogenated alkanes) is 1. The summed E-state index contributed by atoms with van der Waals surface area (Å²) in [5.74, 6) is -0.361. The highest BCUT2D eigenvalue weighted by Crippen LogP contribution is 2.20. The molecule has 0 atom stereocenters. The van der Waals surface area contributed by atoms with E-state index in [2.05, 4.69) is 17.6 Å². The van der Waals surface area contributed by atoms with Crippen LogP contribution in [0.25, 0.3) is 0 Å². The lowest BCUT2D eigenvalue weighted by atomic mass is 10.1. The van der Waals surface area contributed by atoms with Gasteiger partial charge in [0.15, 0.2) is 5.76 Å². The van der Waals surface area contributed by atoms with Crippen molar-refractivity contribution in [3.05, 3.63) is 83.3 Å². The number of anilines is 2. The zero-order valence-corrected chi connectivity index (χ0v) is 16.1. The minimum absolute atomic E-state index is 0.220. The molecule has 144 valence electrons. The molecule has 0 saturated carbocycles. The van der Waals surface area contributed by atoms with Crippen molar-refractivity contribution in [1.82, 2.24) is 0 Å². The first-order valence-corrected chi connectivity index (χ1v) is 9.42. The first-order chi connectivity index (χ1) is 13.6. The fourth-order valence-electron chi connectivity index (χ4n) is 2.83. The Labute approximate surface area is 164 Å². The Hall–Kier alpha value is -3.34. The number of aryl methyl sites for hydroxylation is 2. The number of benzene rings is 2. The maximum absolute atomic E-state index is 12.6. The topological polar surface area (TPSA) is 71.3 Å². The molecular weight excluding hydrogens is 352 g/mol. The lowest BCUT2D eigenvalue weighted by Gasteiger charge is -2.11. The molecule has 5 nitrogen and oxygen atoms in total. The van der Waals surface area contributed by atoms with E-state index in [0.717, 1.165) is 30.5 Å². The monoisotopic (exact) mass is 376 g/mol. The van der Waals surface area contributed by atoms with Gasteiger partial charge in [0, 0.05) is 16.9 Å². The molecule has 1 aromatic heterocycles. The second-order valence-corrected chi connectivity index (χ2v) is 6.72. The van der Waals surface area contributed by atoms with Gasteiger partial charge in [-0.1, -0.05) is 31.5 Å². The van der Waals surface area contributed by atoms with Crippen molar-refractivity contribution >= 4 is 23.2 Å². The number of amides is 2. The Balaban J connectivity index is 1.69. The lowest BCUT2D eigenvalue weighted by molar-refractivity contribution is 0.0993. The molecule has 5 heteroatoms. The van der Waals surface area contributed by atoms with Gasteiger partial charge in [0.25, 0.3) is 11.8 Å². The third-order valence-corrected chi connectivity index (χ3v) is 4.52. The van der Waals surface area contributed by atoms with Gasteiger partial charge in [-0.3, -0.25) is 9.59 Å². The molecular formula is C23H24N2O3. The van der Waals surface area contributed by atoms with E-state index < -0.39 is 0 Å². The van der Waals surface area contributed by atoms with Crippen LogP contribution in [-0.2, 0) is 6.42 Å². The zero-order chi connectivity index (χ0) is 19.9. The molecule has 0 saturated heterocycles. The van der Waals surface area contributed by atoms with Gasteiger partial charge >= 0.3 is 0 Å². The average molecular weight is 376 g/mol. The van der Waals surface area contributed by atoms with Crippen LogP contribution >= 0.6 is 0 Å². The standard InChI is InChI=1S/C23H24N2O3/c1-3-4-6-17-9-12-19(13-10-17)24-22(26)18-11-8-16(2)20(15-18)25-23(27)21-7-5-14-28-21/h5,7-15H,3-4,6H2,1-2H3,(H,24,26)(H,25,27). The van der Waals surface area contributed by atoms with Crippen molar-refractivity contribution in [3.63, 3.8) is 0 Å². The number of hydrogen-bond acceptors (Lipinski definition) is 3. The summed E-state index contributed by atoms with van der Waals surface area (Å²) in [5, 5.41) is 5.68. The van der Waals surface area contributed by atoms with Crippen molar-refractivity contribution in [2.24, 2.45) is 0 Å². The minimum atomic E-state index is -0.353. The highest BCUT2D eigenvalue weighted by molar-refractivity contribution is 6.07. The fraction of sp³-hybridized carbons (Fsp3) is 0.217. The van der Waals surface area contributed by atoms with E-state index in [1.165, 1.54) is 11.8 Å². The van der Waals surface area contributed by atoms with E-state index in [0.29, 0.717) is 11.3 Å². The molecule has 2 amide bonds. The van der Waals surface area contributed by atoms with Crippen LogP contribution in [-0.4, -0.2) is 11.8 Å². The van der Waals surface area contributed by atoms with Crippen molar-refractivity contribution in [1.29, 1.82) is 0 Å². The largest absolute Gasteiger partial charge is 0.459 e. The Morgan fingerprint density at radius 1 is 0.964 bits per heavy atom. The van der Waals surface area contributed by atoms with E-state index in [-0.39, 0.29) is 17.6 Å². The number of carbonyl (C=O) groups excluding carboxylic acids is 2. The molecule has 0 radical (unpaired) electrons.